The molecule has 112 valence electrons. The average molecular weight is 302 g/mol. The minimum absolute atomic E-state index is 0.0496. The molecule has 1 fully saturated rings. The molecular weight excluding hydrogens is 283 g/mol. The number of hydrogen-bond donors (Lipinski definition) is 1. The third kappa shape index (κ3) is 2.79. The molecular formula is C13H19FN2O3S. The molecule has 0 bridgehead atoms. The molecule has 20 heavy (non-hydrogen) atoms. The van der Waals surface area contributed by atoms with Crippen LogP contribution in [0.5, 0.6) is 0 Å². The van der Waals surface area contributed by atoms with Gasteiger partial charge in [-0.25, -0.2) is 12.8 Å². The number of ether oxygens (including phenoxy) is 1. The normalized spacial score (nSPS) is 24.8. The minimum Gasteiger partial charge on any atom is -0.398 e. The fourth-order valence-electron chi connectivity index (χ4n) is 2.31. The largest absolute Gasteiger partial charge is 0.398 e. The molecule has 0 radical (unpaired) electrons. The summed E-state index contributed by atoms with van der Waals surface area (Å²) in [5, 5.41) is 0. The number of nitrogen functional groups attached to an aromatic ring is 1. The van der Waals surface area contributed by atoms with E-state index >= 15 is 0 Å². The number of nitrogens with two attached hydrogens (primary N) is 1. The zero-order chi connectivity index (χ0) is 14.9. The van der Waals surface area contributed by atoms with Gasteiger partial charge in [0.05, 0.1) is 18.4 Å². The summed E-state index contributed by atoms with van der Waals surface area (Å²) in [4.78, 5) is -0.0496. The van der Waals surface area contributed by atoms with Crippen molar-refractivity contribution in [1.29, 1.82) is 0 Å². The van der Waals surface area contributed by atoms with Gasteiger partial charge in [0.25, 0.3) is 0 Å². The zero-order valence-corrected chi connectivity index (χ0v) is 12.4. The Morgan fingerprint density at radius 3 is 2.80 bits per heavy atom. The van der Waals surface area contributed by atoms with E-state index in [2.05, 4.69) is 0 Å². The first-order chi connectivity index (χ1) is 9.36. The van der Waals surface area contributed by atoms with Gasteiger partial charge in [-0.15, -0.1) is 0 Å². The van der Waals surface area contributed by atoms with Crippen LogP contribution >= 0.6 is 0 Å². The van der Waals surface area contributed by atoms with Gasteiger partial charge in [-0.1, -0.05) is 6.92 Å². The molecule has 0 spiro atoms. The Kier molecular flexibility index (Phi) is 4.31. The number of nitrogens with zero attached hydrogens (tertiary/aromatic N) is 1. The molecule has 1 aromatic rings. The van der Waals surface area contributed by atoms with E-state index in [-0.39, 0.29) is 29.3 Å². The van der Waals surface area contributed by atoms with Crippen LogP contribution in [-0.4, -0.2) is 38.0 Å². The SMILES string of the molecule is CCC1COC(C)CN1S(=O)(=O)c1ccc(F)cc1N. The van der Waals surface area contributed by atoms with Crippen molar-refractivity contribution in [3.05, 3.63) is 24.0 Å². The molecule has 2 rings (SSSR count). The fraction of sp³-hybridized carbons (Fsp3) is 0.538. The second-order valence-electron chi connectivity index (χ2n) is 4.96. The Bertz CT molecular complexity index is 591. The first kappa shape index (κ1) is 15.2. The van der Waals surface area contributed by atoms with Gasteiger partial charge in [0.1, 0.15) is 10.7 Å². The lowest BCUT2D eigenvalue weighted by atomic mass is 10.2. The van der Waals surface area contributed by atoms with Crippen molar-refractivity contribution in [3.8, 4) is 0 Å². The van der Waals surface area contributed by atoms with Crippen LogP contribution in [0.3, 0.4) is 0 Å². The van der Waals surface area contributed by atoms with Gasteiger partial charge in [0.15, 0.2) is 0 Å². The predicted molar refractivity (Wildman–Crippen MR) is 74.2 cm³/mol. The molecule has 2 unspecified atom stereocenters. The summed E-state index contributed by atoms with van der Waals surface area (Å²) in [5.41, 5.74) is 5.59. The van der Waals surface area contributed by atoms with Gasteiger partial charge in [-0.05, 0) is 31.5 Å². The van der Waals surface area contributed by atoms with E-state index in [0.717, 1.165) is 12.1 Å². The molecule has 1 aromatic carbocycles. The maximum absolute atomic E-state index is 13.1. The summed E-state index contributed by atoms with van der Waals surface area (Å²) in [6.07, 6.45) is 0.474. The standard InChI is InChI=1S/C13H19FN2O3S/c1-3-11-8-19-9(2)7-16(11)20(17,18)13-5-4-10(14)6-12(13)15/h4-6,9,11H,3,7-8,15H2,1-2H3. The van der Waals surface area contributed by atoms with E-state index in [1.54, 1.807) is 0 Å². The second-order valence-corrected chi connectivity index (χ2v) is 6.82. The van der Waals surface area contributed by atoms with Crippen LogP contribution in [0.25, 0.3) is 0 Å². The van der Waals surface area contributed by atoms with Gasteiger partial charge < -0.3 is 10.5 Å². The van der Waals surface area contributed by atoms with Gasteiger partial charge in [-0.2, -0.15) is 4.31 Å². The van der Waals surface area contributed by atoms with Crippen LogP contribution in [-0.2, 0) is 14.8 Å². The Balaban J connectivity index is 2.42. The van der Waals surface area contributed by atoms with Crippen molar-refractivity contribution in [2.75, 3.05) is 18.9 Å². The van der Waals surface area contributed by atoms with Crippen LogP contribution < -0.4 is 5.73 Å². The molecule has 5 nitrogen and oxygen atoms in total. The van der Waals surface area contributed by atoms with Crippen LogP contribution in [0.1, 0.15) is 20.3 Å². The molecule has 0 aliphatic carbocycles. The molecule has 1 aliphatic heterocycles. The molecule has 2 atom stereocenters. The lowest BCUT2D eigenvalue weighted by Crippen LogP contribution is -2.51. The quantitative estimate of drug-likeness (QED) is 0.861. The summed E-state index contributed by atoms with van der Waals surface area (Å²) >= 11 is 0. The van der Waals surface area contributed by atoms with Gasteiger partial charge >= 0.3 is 0 Å². The highest BCUT2D eigenvalue weighted by Gasteiger charge is 2.36. The minimum atomic E-state index is -3.74. The van der Waals surface area contributed by atoms with E-state index in [9.17, 15) is 12.8 Å². The van der Waals surface area contributed by atoms with Crippen LogP contribution in [0, 0.1) is 5.82 Å². The number of halogens is 1. The summed E-state index contributed by atoms with van der Waals surface area (Å²) in [5.74, 6) is -0.552. The van der Waals surface area contributed by atoms with Crippen molar-refractivity contribution in [2.24, 2.45) is 0 Å². The highest BCUT2D eigenvalue weighted by Crippen LogP contribution is 2.27. The van der Waals surface area contributed by atoms with E-state index in [0.29, 0.717) is 13.0 Å². The van der Waals surface area contributed by atoms with Crippen LogP contribution in [0.2, 0.25) is 0 Å². The first-order valence-electron chi connectivity index (χ1n) is 6.54. The van der Waals surface area contributed by atoms with Gasteiger partial charge in [0.2, 0.25) is 10.0 Å². The van der Waals surface area contributed by atoms with Crippen LogP contribution in [0.15, 0.2) is 23.1 Å². The van der Waals surface area contributed by atoms with Crippen molar-refractivity contribution < 1.29 is 17.5 Å². The monoisotopic (exact) mass is 302 g/mol. The molecule has 2 N–H and O–H groups in total. The summed E-state index contributed by atoms with van der Waals surface area (Å²) in [7, 11) is -3.74. The fourth-order valence-corrected chi connectivity index (χ4v) is 4.17. The molecule has 0 aromatic heterocycles. The third-order valence-corrected chi connectivity index (χ3v) is 5.44. The Morgan fingerprint density at radius 1 is 1.50 bits per heavy atom. The van der Waals surface area contributed by atoms with Gasteiger partial charge in [-0.3, -0.25) is 0 Å². The van der Waals surface area contributed by atoms with E-state index < -0.39 is 15.8 Å². The van der Waals surface area contributed by atoms with Crippen molar-refractivity contribution in [2.45, 2.75) is 37.3 Å². The number of hydrogen-bond acceptors (Lipinski definition) is 4. The second kappa shape index (κ2) is 5.67. The molecule has 0 amide bonds. The Morgan fingerprint density at radius 2 is 2.20 bits per heavy atom. The molecule has 1 aliphatic rings. The van der Waals surface area contributed by atoms with Crippen molar-refractivity contribution >= 4 is 15.7 Å². The van der Waals surface area contributed by atoms with E-state index in [4.69, 9.17) is 10.5 Å². The van der Waals surface area contributed by atoms with Crippen molar-refractivity contribution in [3.63, 3.8) is 0 Å². The topological polar surface area (TPSA) is 72.6 Å². The molecule has 1 saturated heterocycles. The number of anilines is 1. The summed E-state index contributed by atoms with van der Waals surface area (Å²) in [6.45, 7) is 4.36. The average Bonchev–Trinajstić information content (AvgIpc) is 2.38. The van der Waals surface area contributed by atoms with Crippen LogP contribution in [0.4, 0.5) is 10.1 Å². The molecule has 0 saturated carbocycles. The zero-order valence-electron chi connectivity index (χ0n) is 11.5. The maximum Gasteiger partial charge on any atom is 0.245 e. The Labute approximate surface area is 118 Å². The first-order valence-corrected chi connectivity index (χ1v) is 7.98. The van der Waals surface area contributed by atoms with E-state index in [1.807, 2.05) is 13.8 Å². The summed E-state index contributed by atoms with van der Waals surface area (Å²) < 4.78 is 45.4. The highest BCUT2D eigenvalue weighted by molar-refractivity contribution is 7.89. The Hall–Kier alpha value is -1.18. The number of morpholine rings is 1. The smallest absolute Gasteiger partial charge is 0.245 e. The lowest BCUT2D eigenvalue weighted by molar-refractivity contribution is -0.0230. The number of rotatable bonds is 3. The molecule has 7 heteroatoms. The van der Waals surface area contributed by atoms with Crippen molar-refractivity contribution in [1.82, 2.24) is 4.31 Å². The van der Waals surface area contributed by atoms with E-state index in [1.165, 1.54) is 10.4 Å². The lowest BCUT2D eigenvalue weighted by Gasteiger charge is -2.37. The maximum atomic E-state index is 13.1. The molecule has 1 heterocycles. The highest BCUT2D eigenvalue weighted by atomic mass is 32.2. The third-order valence-electron chi connectivity index (χ3n) is 3.45. The van der Waals surface area contributed by atoms with Gasteiger partial charge in [0, 0.05) is 12.6 Å². The number of benzene rings is 1. The predicted octanol–water partition coefficient (Wildman–Crippen LogP) is 1.60. The number of sulfonamides is 1. The summed E-state index contributed by atoms with van der Waals surface area (Å²) in [6, 6.07) is 3.12.